The van der Waals surface area contributed by atoms with Crippen LogP contribution in [0.5, 0.6) is 0 Å². The van der Waals surface area contributed by atoms with Crippen molar-refractivity contribution in [2.75, 3.05) is 26.8 Å². The lowest BCUT2D eigenvalue weighted by molar-refractivity contribution is 0.146. The summed E-state index contributed by atoms with van der Waals surface area (Å²) in [6.07, 6.45) is 0.868. The van der Waals surface area contributed by atoms with Crippen LogP contribution in [0.25, 0.3) is 0 Å². The number of guanidine groups is 1. The van der Waals surface area contributed by atoms with E-state index in [1.54, 1.807) is 0 Å². The Labute approximate surface area is 132 Å². The molecule has 118 valence electrons. The first-order chi connectivity index (χ1) is 10.1. The fourth-order valence-corrected chi connectivity index (χ4v) is 2.25. The van der Waals surface area contributed by atoms with Crippen LogP contribution in [0.1, 0.15) is 31.9 Å². The van der Waals surface area contributed by atoms with Gasteiger partial charge in [0.15, 0.2) is 0 Å². The Balaban J connectivity index is 2.67. The topological polar surface area (TPSA) is 62.9 Å². The molecule has 1 atom stereocenters. The normalized spacial score (nSPS) is 13.1. The molecule has 1 aromatic carbocycles. The summed E-state index contributed by atoms with van der Waals surface area (Å²) < 4.78 is 5.29. The standard InChI is InChI=1S/C15H25ClN4O/c1-4-21-11-7-10-18-15(19-17)20(3)12(2)13-8-5-6-9-14(13)16/h5-6,8-9,12H,4,7,10-11,17H2,1-3H3,(H,18,19). The van der Waals surface area contributed by atoms with E-state index in [-0.39, 0.29) is 6.04 Å². The number of rotatable bonds is 7. The maximum absolute atomic E-state index is 6.24. The van der Waals surface area contributed by atoms with Crippen molar-refractivity contribution in [2.24, 2.45) is 10.8 Å². The molecule has 0 spiro atoms. The molecular weight excluding hydrogens is 288 g/mol. The van der Waals surface area contributed by atoms with E-state index < -0.39 is 0 Å². The van der Waals surface area contributed by atoms with Crippen molar-refractivity contribution < 1.29 is 4.74 Å². The van der Waals surface area contributed by atoms with Gasteiger partial charge in [-0.2, -0.15) is 0 Å². The molecule has 0 aromatic heterocycles. The van der Waals surface area contributed by atoms with Gasteiger partial charge < -0.3 is 9.64 Å². The third kappa shape index (κ3) is 5.53. The van der Waals surface area contributed by atoms with Crippen molar-refractivity contribution in [1.82, 2.24) is 10.3 Å². The van der Waals surface area contributed by atoms with Crippen molar-refractivity contribution in [3.63, 3.8) is 0 Å². The Morgan fingerprint density at radius 3 is 2.81 bits per heavy atom. The average Bonchev–Trinajstić information content (AvgIpc) is 2.50. The van der Waals surface area contributed by atoms with Crippen molar-refractivity contribution in [2.45, 2.75) is 26.3 Å². The summed E-state index contributed by atoms with van der Waals surface area (Å²) in [5, 5.41) is 0.740. The first kappa shape index (κ1) is 17.8. The minimum absolute atomic E-state index is 0.0698. The lowest BCUT2D eigenvalue weighted by Gasteiger charge is -2.28. The molecule has 1 rings (SSSR count). The number of halogens is 1. The molecule has 6 heteroatoms. The zero-order valence-electron chi connectivity index (χ0n) is 13.0. The number of nitrogens with zero attached hydrogens (tertiary/aromatic N) is 2. The van der Waals surface area contributed by atoms with E-state index in [9.17, 15) is 0 Å². The van der Waals surface area contributed by atoms with Gasteiger partial charge in [-0.25, -0.2) is 5.84 Å². The Hall–Kier alpha value is -1.30. The van der Waals surface area contributed by atoms with Gasteiger partial charge in [0, 0.05) is 31.8 Å². The molecule has 1 unspecified atom stereocenters. The van der Waals surface area contributed by atoms with E-state index in [2.05, 4.69) is 17.3 Å². The third-order valence-corrected chi connectivity index (χ3v) is 3.66. The second-order valence-electron chi connectivity index (χ2n) is 4.71. The Bertz CT molecular complexity index is 453. The van der Waals surface area contributed by atoms with Crippen LogP contribution in [0.2, 0.25) is 5.02 Å². The molecule has 0 fully saturated rings. The van der Waals surface area contributed by atoms with Gasteiger partial charge in [0.1, 0.15) is 0 Å². The molecule has 0 saturated heterocycles. The zero-order chi connectivity index (χ0) is 15.7. The van der Waals surface area contributed by atoms with Crippen LogP contribution in [-0.4, -0.2) is 37.7 Å². The third-order valence-electron chi connectivity index (χ3n) is 3.31. The Morgan fingerprint density at radius 2 is 2.19 bits per heavy atom. The van der Waals surface area contributed by atoms with Crippen LogP contribution in [0, 0.1) is 0 Å². The first-order valence-electron chi connectivity index (χ1n) is 7.17. The van der Waals surface area contributed by atoms with Gasteiger partial charge in [0.25, 0.3) is 0 Å². The fourth-order valence-electron chi connectivity index (χ4n) is 1.96. The molecule has 0 aliphatic rings. The number of ether oxygens (including phenoxy) is 1. The summed E-state index contributed by atoms with van der Waals surface area (Å²) in [5.74, 6) is 6.22. The van der Waals surface area contributed by atoms with Gasteiger partial charge >= 0.3 is 0 Å². The number of nitrogens with one attached hydrogen (secondary N) is 1. The van der Waals surface area contributed by atoms with Gasteiger partial charge in [-0.15, -0.1) is 0 Å². The molecule has 0 saturated carbocycles. The summed E-state index contributed by atoms with van der Waals surface area (Å²) >= 11 is 6.24. The SMILES string of the molecule is CCOCCCN=C(NN)N(C)C(C)c1ccccc1Cl. The summed E-state index contributed by atoms with van der Waals surface area (Å²) in [4.78, 5) is 6.45. The second-order valence-corrected chi connectivity index (χ2v) is 5.12. The lowest BCUT2D eigenvalue weighted by Crippen LogP contribution is -2.44. The lowest BCUT2D eigenvalue weighted by atomic mass is 10.1. The monoisotopic (exact) mass is 312 g/mol. The van der Waals surface area contributed by atoms with Crippen molar-refractivity contribution in [1.29, 1.82) is 0 Å². The Morgan fingerprint density at radius 1 is 1.48 bits per heavy atom. The molecule has 0 heterocycles. The van der Waals surface area contributed by atoms with Crippen LogP contribution in [0.15, 0.2) is 29.3 Å². The summed E-state index contributed by atoms with van der Waals surface area (Å²) in [6, 6.07) is 7.85. The van der Waals surface area contributed by atoms with Gasteiger partial charge in [-0.05, 0) is 31.9 Å². The molecule has 0 aliphatic heterocycles. The second kappa shape index (κ2) is 9.60. The van der Waals surface area contributed by atoms with E-state index in [1.165, 1.54) is 0 Å². The number of aliphatic imine (C=N–C) groups is 1. The summed E-state index contributed by atoms with van der Waals surface area (Å²) in [7, 11) is 1.94. The van der Waals surface area contributed by atoms with Crippen molar-refractivity contribution in [3.8, 4) is 0 Å². The van der Waals surface area contributed by atoms with Crippen molar-refractivity contribution in [3.05, 3.63) is 34.9 Å². The van der Waals surface area contributed by atoms with Gasteiger partial charge in [-0.3, -0.25) is 10.4 Å². The molecule has 3 N–H and O–H groups in total. The van der Waals surface area contributed by atoms with Gasteiger partial charge in [-0.1, -0.05) is 29.8 Å². The predicted molar refractivity (Wildman–Crippen MR) is 88.4 cm³/mol. The number of hydrazine groups is 1. The van der Waals surface area contributed by atoms with Crippen LogP contribution in [-0.2, 0) is 4.74 Å². The summed E-state index contributed by atoms with van der Waals surface area (Å²) in [6.45, 7) is 6.15. The molecule has 0 bridgehead atoms. The number of nitrogens with two attached hydrogens (primary N) is 1. The van der Waals surface area contributed by atoms with Gasteiger partial charge in [0.05, 0.1) is 6.04 Å². The van der Waals surface area contributed by atoms with E-state index in [0.29, 0.717) is 19.1 Å². The van der Waals surface area contributed by atoms with E-state index in [4.69, 9.17) is 22.2 Å². The summed E-state index contributed by atoms with van der Waals surface area (Å²) in [5.41, 5.74) is 3.70. The molecular formula is C15H25ClN4O. The average molecular weight is 313 g/mol. The van der Waals surface area contributed by atoms with Crippen LogP contribution >= 0.6 is 11.6 Å². The molecule has 0 radical (unpaired) electrons. The van der Waals surface area contributed by atoms with Crippen molar-refractivity contribution >= 4 is 17.6 Å². The van der Waals surface area contributed by atoms with E-state index >= 15 is 0 Å². The largest absolute Gasteiger partial charge is 0.382 e. The maximum Gasteiger partial charge on any atom is 0.208 e. The van der Waals surface area contributed by atoms with Crippen LogP contribution in [0.4, 0.5) is 0 Å². The molecule has 0 amide bonds. The number of hydrogen-bond donors (Lipinski definition) is 2. The highest BCUT2D eigenvalue weighted by Crippen LogP contribution is 2.26. The van der Waals surface area contributed by atoms with Gasteiger partial charge in [0.2, 0.25) is 5.96 Å². The minimum Gasteiger partial charge on any atom is -0.382 e. The highest BCUT2D eigenvalue weighted by atomic mass is 35.5. The predicted octanol–water partition coefficient (Wildman–Crippen LogP) is 2.58. The molecule has 21 heavy (non-hydrogen) atoms. The van der Waals surface area contributed by atoms with Crippen LogP contribution < -0.4 is 11.3 Å². The molecule has 1 aromatic rings. The first-order valence-corrected chi connectivity index (χ1v) is 7.55. The Kier molecular flexibility index (Phi) is 8.12. The highest BCUT2D eigenvalue weighted by Gasteiger charge is 2.17. The minimum atomic E-state index is 0.0698. The van der Waals surface area contributed by atoms with Crippen LogP contribution in [0.3, 0.4) is 0 Å². The highest BCUT2D eigenvalue weighted by molar-refractivity contribution is 6.31. The fraction of sp³-hybridized carbons (Fsp3) is 0.533. The zero-order valence-corrected chi connectivity index (χ0v) is 13.7. The maximum atomic E-state index is 6.24. The quantitative estimate of drug-likeness (QED) is 0.267. The van der Waals surface area contributed by atoms with E-state index in [1.807, 2.05) is 43.1 Å². The smallest absolute Gasteiger partial charge is 0.208 e. The number of benzene rings is 1. The molecule has 5 nitrogen and oxygen atoms in total. The van der Waals surface area contributed by atoms with E-state index in [0.717, 1.165) is 23.6 Å². The number of hydrogen-bond acceptors (Lipinski definition) is 3. The molecule has 0 aliphatic carbocycles.